The van der Waals surface area contributed by atoms with Crippen molar-refractivity contribution in [2.45, 2.75) is 13.0 Å². The second-order valence-electron chi connectivity index (χ2n) is 4.89. The van der Waals surface area contributed by atoms with Crippen molar-refractivity contribution in [1.29, 1.82) is 0 Å². The summed E-state index contributed by atoms with van der Waals surface area (Å²) in [5, 5.41) is 18.1. The second kappa shape index (κ2) is 7.69. The maximum Gasteiger partial charge on any atom is 0.336 e. The summed E-state index contributed by atoms with van der Waals surface area (Å²) in [4.78, 5) is 22.1. The largest absolute Gasteiger partial charge is 0.489 e. The van der Waals surface area contributed by atoms with E-state index in [9.17, 15) is 14.7 Å². The number of hydrogen-bond donors (Lipinski definition) is 3. The van der Waals surface area contributed by atoms with Gasteiger partial charge in [0.2, 0.25) is 0 Å². The van der Waals surface area contributed by atoms with Gasteiger partial charge in [0.25, 0.3) is 0 Å². The number of benzene rings is 2. The van der Waals surface area contributed by atoms with Crippen LogP contribution in [-0.4, -0.2) is 27.9 Å². The first-order valence-corrected chi connectivity index (χ1v) is 7.56. The fraction of sp³-hybridized carbons (Fsp3) is 0.176. The second-order valence-corrected chi connectivity index (χ2v) is 5.34. The van der Waals surface area contributed by atoms with E-state index in [2.05, 4.69) is 12.6 Å². The number of aryl methyl sites for hydroxylation is 1. The highest BCUT2D eigenvalue weighted by Gasteiger charge is 2.11. The highest BCUT2D eigenvalue weighted by molar-refractivity contribution is 7.80. The summed E-state index contributed by atoms with van der Waals surface area (Å²) in [7, 11) is 0. The highest BCUT2D eigenvalue weighted by atomic mass is 32.1. The van der Waals surface area contributed by atoms with Gasteiger partial charge in [0.05, 0.1) is 11.1 Å². The maximum absolute atomic E-state index is 11.3. The molecular formula is C17H16O5S. The minimum atomic E-state index is -1.00. The molecule has 5 nitrogen and oxygen atoms in total. The van der Waals surface area contributed by atoms with Gasteiger partial charge in [-0.2, -0.15) is 12.6 Å². The predicted octanol–water partition coefficient (Wildman–Crippen LogP) is 3.13. The Kier molecular flexibility index (Phi) is 5.65. The van der Waals surface area contributed by atoms with Crippen molar-refractivity contribution in [3.05, 3.63) is 64.7 Å². The van der Waals surface area contributed by atoms with Gasteiger partial charge in [-0.1, -0.05) is 18.2 Å². The minimum Gasteiger partial charge on any atom is -0.489 e. The molecule has 0 aliphatic carbocycles. The average Bonchev–Trinajstić information content (AvgIpc) is 2.54. The van der Waals surface area contributed by atoms with Crippen LogP contribution in [0.1, 0.15) is 31.8 Å². The number of carbonyl (C=O) groups is 2. The van der Waals surface area contributed by atoms with Crippen LogP contribution in [0.15, 0.2) is 42.5 Å². The van der Waals surface area contributed by atoms with Gasteiger partial charge >= 0.3 is 11.9 Å². The predicted molar refractivity (Wildman–Crippen MR) is 88.7 cm³/mol. The third-order valence-electron chi connectivity index (χ3n) is 3.30. The number of carboxylic acid groups (broad SMARTS) is 2. The maximum atomic E-state index is 11.3. The summed E-state index contributed by atoms with van der Waals surface area (Å²) < 4.78 is 5.59. The quantitative estimate of drug-likeness (QED) is 0.679. The van der Waals surface area contributed by atoms with Crippen molar-refractivity contribution in [2.24, 2.45) is 0 Å². The van der Waals surface area contributed by atoms with Gasteiger partial charge in [-0.25, -0.2) is 9.59 Å². The molecule has 120 valence electrons. The molecule has 23 heavy (non-hydrogen) atoms. The molecular weight excluding hydrogens is 316 g/mol. The van der Waals surface area contributed by atoms with Crippen LogP contribution >= 0.6 is 12.6 Å². The van der Waals surface area contributed by atoms with E-state index < -0.39 is 11.9 Å². The molecule has 0 atom stereocenters. The lowest BCUT2D eigenvalue weighted by molar-refractivity contribution is 0.0685. The zero-order valence-electron chi connectivity index (χ0n) is 12.2. The van der Waals surface area contributed by atoms with Crippen LogP contribution in [0.4, 0.5) is 0 Å². The number of thiol groups is 1. The van der Waals surface area contributed by atoms with Gasteiger partial charge in [-0.15, -0.1) is 0 Å². The lowest BCUT2D eigenvalue weighted by atomic mass is 10.0. The highest BCUT2D eigenvalue weighted by Crippen LogP contribution is 2.20. The zero-order valence-corrected chi connectivity index (χ0v) is 13.1. The van der Waals surface area contributed by atoms with Crippen molar-refractivity contribution >= 4 is 24.6 Å². The third kappa shape index (κ3) is 4.50. The Labute approximate surface area is 138 Å². The van der Waals surface area contributed by atoms with Gasteiger partial charge in [-0.3, -0.25) is 0 Å². The Bertz CT molecular complexity index is 709. The first kappa shape index (κ1) is 16.9. The van der Waals surface area contributed by atoms with E-state index >= 15 is 0 Å². The van der Waals surface area contributed by atoms with Crippen LogP contribution in [0.5, 0.6) is 5.75 Å². The average molecular weight is 332 g/mol. The molecule has 0 radical (unpaired) electrons. The Morgan fingerprint density at radius 3 is 2.26 bits per heavy atom. The molecule has 2 aromatic rings. The van der Waals surface area contributed by atoms with Crippen molar-refractivity contribution < 1.29 is 24.5 Å². The van der Waals surface area contributed by atoms with Crippen LogP contribution < -0.4 is 4.74 Å². The number of aromatic carboxylic acids is 2. The van der Waals surface area contributed by atoms with Gasteiger partial charge < -0.3 is 14.9 Å². The molecule has 0 saturated carbocycles. The zero-order chi connectivity index (χ0) is 16.8. The summed E-state index contributed by atoms with van der Waals surface area (Å²) >= 11 is 4.12. The van der Waals surface area contributed by atoms with E-state index in [-0.39, 0.29) is 17.7 Å². The molecule has 0 saturated heterocycles. The molecule has 2 N–H and O–H groups in total. The molecule has 0 aromatic heterocycles. The van der Waals surface area contributed by atoms with E-state index in [1.54, 1.807) is 24.3 Å². The van der Waals surface area contributed by atoms with Crippen LogP contribution in [0.3, 0.4) is 0 Å². The molecule has 0 aliphatic rings. The fourth-order valence-corrected chi connectivity index (χ4v) is 2.33. The summed E-state index contributed by atoms with van der Waals surface area (Å²) in [6.07, 6.45) is 0.571. The number of hydrogen-bond acceptors (Lipinski definition) is 4. The van der Waals surface area contributed by atoms with Gasteiger partial charge in [0.15, 0.2) is 0 Å². The van der Waals surface area contributed by atoms with Gasteiger partial charge in [0.1, 0.15) is 12.4 Å². The molecule has 0 unspecified atom stereocenters. The lowest BCUT2D eigenvalue weighted by Crippen LogP contribution is -2.05. The summed E-state index contributed by atoms with van der Waals surface area (Å²) in [5.74, 6) is -0.967. The Morgan fingerprint density at radius 2 is 1.70 bits per heavy atom. The van der Waals surface area contributed by atoms with Gasteiger partial charge in [-0.05, 0) is 47.6 Å². The molecule has 0 amide bonds. The number of carboxylic acids is 2. The smallest absolute Gasteiger partial charge is 0.336 e. The SMILES string of the molecule is O=C(O)c1ccc(COc2ccc(CCS)c(C(=O)O)c2)cc1. The van der Waals surface area contributed by atoms with Crippen LogP contribution in [0.2, 0.25) is 0 Å². The third-order valence-corrected chi connectivity index (χ3v) is 3.52. The monoisotopic (exact) mass is 332 g/mol. The molecule has 0 fully saturated rings. The first-order chi connectivity index (χ1) is 11.0. The Morgan fingerprint density at radius 1 is 1.00 bits per heavy atom. The molecule has 0 aliphatic heterocycles. The lowest BCUT2D eigenvalue weighted by Gasteiger charge is -2.10. The fourth-order valence-electron chi connectivity index (χ4n) is 2.09. The van der Waals surface area contributed by atoms with Gasteiger partial charge in [0, 0.05) is 0 Å². The van der Waals surface area contributed by atoms with Crippen molar-refractivity contribution in [3.8, 4) is 5.75 Å². The molecule has 6 heteroatoms. The normalized spacial score (nSPS) is 10.3. The van der Waals surface area contributed by atoms with Crippen LogP contribution in [0, 0.1) is 0 Å². The van der Waals surface area contributed by atoms with E-state index in [1.807, 2.05) is 0 Å². The van der Waals surface area contributed by atoms with Crippen LogP contribution in [0.25, 0.3) is 0 Å². The number of rotatable bonds is 7. The summed E-state index contributed by atoms with van der Waals surface area (Å²) in [6, 6.07) is 11.3. The molecule has 2 aromatic carbocycles. The van der Waals surface area contributed by atoms with Crippen molar-refractivity contribution in [3.63, 3.8) is 0 Å². The Balaban J connectivity index is 2.09. The standard InChI is InChI=1S/C17H16O5S/c18-16(19)13-3-1-11(2-4-13)10-22-14-6-5-12(7-8-23)15(9-14)17(20)21/h1-6,9,23H,7-8,10H2,(H,18,19)(H,20,21). The summed E-state index contributed by atoms with van der Waals surface area (Å²) in [6.45, 7) is 0.227. The van der Waals surface area contributed by atoms with Crippen LogP contribution in [-0.2, 0) is 13.0 Å². The number of ether oxygens (including phenoxy) is 1. The molecule has 0 heterocycles. The summed E-state index contributed by atoms with van der Waals surface area (Å²) in [5.41, 5.74) is 1.92. The molecule has 0 spiro atoms. The van der Waals surface area contributed by atoms with Crippen molar-refractivity contribution in [2.75, 3.05) is 5.75 Å². The first-order valence-electron chi connectivity index (χ1n) is 6.93. The van der Waals surface area contributed by atoms with E-state index in [0.717, 1.165) is 5.56 Å². The Hall–Kier alpha value is -2.47. The van der Waals surface area contributed by atoms with E-state index in [0.29, 0.717) is 23.5 Å². The topological polar surface area (TPSA) is 83.8 Å². The van der Waals surface area contributed by atoms with E-state index in [4.69, 9.17) is 9.84 Å². The minimum absolute atomic E-state index is 0.206. The van der Waals surface area contributed by atoms with Crippen molar-refractivity contribution in [1.82, 2.24) is 0 Å². The van der Waals surface area contributed by atoms with E-state index in [1.165, 1.54) is 18.2 Å². The molecule has 2 rings (SSSR count). The molecule has 0 bridgehead atoms.